The minimum atomic E-state index is -0.866. The van der Waals surface area contributed by atoms with Crippen molar-refractivity contribution >= 4 is 5.91 Å². The number of carbonyl (C=O) groups excluding carboxylic acids is 1. The average Bonchev–Trinajstić information content (AvgIpc) is 3.22. The number of hydrogen-bond acceptors (Lipinski definition) is 4. The lowest BCUT2D eigenvalue weighted by Crippen LogP contribution is -2.41. The summed E-state index contributed by atoms with van der Waals surface area (Å²) in [5, 5.41) is 0. The van der Waals surface area contributed by atoms with Crippen molar-refractivity contribution in [2.24, 2.45) is 7.05 Å². The second kappa shape index (κ2) is 6.76. The van der Waals surface area contributed by atoms with Gasteiger partial charge in [0.1, 0.15) is 17.8 Å². The number of halogens is 1. The third kappa shape index (κ3) is 3.36. The topological polar surface area (TPSA) is 54.5 Å². The summed E-state index contributed by atoms with van der Waals surface area (Å²) in [6, 6.07) is 1.66. The van der Waals surface area contributed by atoms with Crippen molar-refractivity contribution < 1.29 is 13.6 Å². The van der Waals surface area contributed by atoms with Gasteiger partial charge in [0, 0.05) is 45.6 Å². The van der Waals surface area contributed by atoms with Crippen LogP contribution >= 0.6 is 0 Å². The minimum absolute atomic E-state index is 0.0159. The van der Waals surface area contributed by atoms with Crippen LogP contribution in [0.25, 0.3) is 0 Å². The minimum Gasteiger partial charge on any atom is -0.469 e. The molecule has 2 aromatic heterocycles. The number of imidazole rings is 1. The molecule has 0 unspecified atom stereocenters. The first-order valence-electron chi connectivity index (χ1n) is 8.09. The largest absolute Gasteiger partial charge is 0.469 e. The molecule has 130 valence electrons. The Morgan fingerprint density at radius 1 is 1.54 bits per heavy atom. The number of furan rings is 1. The van der Waals surface area contributed by atoms with E-state index in [1.54, 1.807) is 31.1 Å². The van der Waals surface area contributed by atoms with Gasteiger partial charge in [0.2, 0.25) is 0 Å². The van der Waals surface area contributed by atoms with E-state index in [1.165, 1.54) is 6.26 Å². The molecule has 1 fully saturated rings. The van der Waals surface area contributed by atoms with Crippen molar-refractivity contribution in [3.63, 3.8) is 0 Å². The standard InChI is InChI=1S/C17H23FN4O2/c1-12-15(4-7-24-12)17(23)21(3)10-14-8-13(18)9-22(14)11-16-19-5-6-20(16)2/h4-7,13-14H,8-11H2,1-3H3/t13-,14-/m0/s1. The first-order chi connectivity index (χ1) is 11.5. The number of amides is 1. The van der Waals surface area contributed by atoms with Crippen molar-refractivity contribution in [3.8, 4) is 0 Å². The molecule has 0 aromatic carbocycles. The number of nitrogens with zero attached hydrogens (tertiary/aromatic N) is 4. The summed E-state index contributed by atoms with van der Waals surface area (Å²) in [5.41, 5.74) is 0.558. The molecule has 2 atom stereocenters. The van der Waals surface area contributed by atoms with Crippen molar-refractivity contribution in [3.05, 3.63) is 41.9 Å². The summed E-state index contributed by atoms with van der Waals surface area (Å²) in [6.45, 7) is 3.21. The third-order valence-corrected chi connectivity index (χ3v) is 4.66. The van der Waals surface area contributed by atoms with Crippen molar-refractivity contribution in [1.82, 2.24) is 19.4 Å². The van der Waals surface area contributed by atoms with Crippen LogP contribution in [0, 0.1) is 6.92 Å². The van der Waals surface area contributed by atoms with E-state index >= 15 is 0 Å². The summed E-state index contributed by atoms with van der Waals surface area (Å²) >= 11 is 0. The van der Waals surface area contributed by atoms with Gasteiger partial charge in [-0.2, -0.15) is 0 Å². The predicted molar refractivity (Wildman–Crippen MR) is 87.3 cm³/mol. The second-order valence-electron chi connectivity index (χ2n) is 6.45. The van der Waals surface area contributed by atoms with Crippen molar-refractivity contribution in [2.45, 2.75) is 32.1 Å². The number of rotatable bonds is 5. The van der Waals surface area contributed by atoms with E-state index in [2.05, 4.69) is 9.88 Å². The SMILES string of the molecule is Cc1occc1C(=O)N(C)C[C@@H]1C[C@H](F)CN1Cc1nccn1C. The Balaban J connectivity index is 1.67. The van der Waals surface area contributed by atoms with Crippen LogP contribution in [0.1, 0.15) is 28.4 Å². The fourth-order valence-electron chi connectivity index (χ4n) is 3.25. The first kappa shape index (κ1) is 16.7. The highest BCUT2D eigenvalue weighted by Gasteiger charge is 2.34. The zero-order valence-corrected chi connectivity index (χ0v) is 14.3. The molecule has 24 heavy (non-hydrogen) atoms. The van der Waals surface area contributed by atoms with Crippen LogP contribution < -0.4 is 0 Å². The fraction of sp³-hybridized carbons (Fsp3) is 0.529. The van der Waals surface area contributed by atoms with Gasteiger partial charge in [-0.15, -0.1) is 0 Å². The molecule has 0 aliphatic carbocycles. The monoisotopic (exact) mass is 334 g/mol. The highest BCUT2D eigenvalue weighted by molar-refractivity contribution is 5.94. The smallest absolute Gasteiger partial charge is 0.257 e. The maximum Gasteiger partial charge on any atom is 0.257 e. The molecule has 1 amide bonds. The number of hydrogen-bond donors (Lipinski definition) is 0. The van der Waals surface area contributed by atoms with Crippen LogP contribution in [-0.4, -0.2) is 57.6 Å². The highest BCUT2D eigenvalue weighted by Crippen LogP contribution is 2.23. The lowest BCUT2D eigenvalue weighted by Gasteiger charge is -2.28. The van der Waals surface area contributed by atoms with Crippen LogP contribution in [0.2, 0.25) is 0 Å². The number of aromatic nitrogens is 2. The van der Waals surface area contributed by atoms with Gasteiger partial charge in [-0.05, 0) is 19.4 Å². The normalized spacial score (nSPS) is 21.3. The summed E-state index contributed by atoms with van der Waals surface area (Å²) in [5.74, 6) is 1.40. The molecule has 0 saturated carbocycles. The van der Waals surface area contributed by atoms with E-state index in [9.17, 15) is 9.18 Å². The van der Waals surface area contributed by atoms with Gasteiger partial charge in [-0.1, -0.05) is 0 Å². The zero-order chi connectivity index (χ0) is 17.3. The molecule has 2 aromatic rings. The molecule has 1 saturated heterocycles. The number of carbonyl (C=O) groups is 1. The summed E-state index contributed by atoms with van der Waals surface area (Å²) in [6.07, 6.45) is 4.70. The molecule has 1 aliphatic rings. The van der Waals surface area contributed by atoms with Crippen LogP contribution in [0.5, 0.6) is 0 Å². The summed E-state index contributed by atoms with van der Waals surface area (Å²) < 4.78 is 21.1. The van der Waals surface area contributed by atoms with Gasteiger partial charge in [-0.3, -0.25) is 9.69 Å². The van der Waals surface area contributed by atoms with E-state index in [0.29, 0.717) is 37.4 Å². The van der Waals surface area contributed by atoms with Gasteiger partial charge < -0.3 is 13.9 Å². The fourth-order valence-corrected chi connectivity index (χ4v) is 3.25. The Hall–Kier alpha value is -2.15. The Labute approximate surface area is 140 Å². The molecule has 3 rings (SSSR count). The van der Waals surface area contributed by atoms with Crippen LogP contribution in [0.3, 0.4) is 0 Å². The van der Waals surface area contributed by atoms with E-state index in [-0.39, 0.29) is 11.9 Å². The Bertz CT molecular complexity index is 711. The third-order valence-electron chi connectivity index (χ3n) is 4.66. The van der Waals surface area contributed by atoms with Gasteiger partial charge in [0.25, 0.3) is 5.91 Å². The molecule has 3 heterocycles. The lowest BCUT2D eigenvalue weighted by molar-refractivity contribution is 0.0746. The summed E-state index contributed by atoms with van der Waals surface area (Å²) in [4.78, 5) is 20.5. The predicted octanol–water partition coefficient (Wildman–Crippen LogP) is 2.01. The van der Waals surface area contributed by atoms with Crippen molar-refractivity contribution in [2.75, 3.05) is 20.1 Å². The average molecular weight is 334 g/mol. The van der Waals surface area contributed by atoms with Crippen LogP contribution in [0.15, 0.2) is 29.1 Å². The zero-order valence-electron chi connectivity index (χ0n) is 14.3. The highest BCUT2D eigenvalue weighted by atomic mass is 19.1. The molecule has 6 nitrogen and oxygen atoms in total. The Morgan fingerprint density at radius 3 is 2.96 bits per heavy atom. The van der Waals surface area contributed by atoms with E-state index in [1.807, 2.05) is 17.8 Å². The molecule has 0 bridgehead atoms. The van der Waals surface area contributed by atoms with Gasteiger partial charge in [0.15, 0.2) is 0 Å². The Kier molecular flexibility index (Phi) is 4.71. The lowest BCUT2D eigenvalue weighted by atomic mass is 10.1. The van der Waals surface area contributed by atoms with Gasteiger partial charge in [-0.25, -0.2) is 9.37 Å². The van der Waals surface area contributed by atoms with E-state index in [0.717, 1.165) is 5.82 Å². The number of likely N-dealkylation sites (tertiary alicyclic amines) is 1. The molecule has 0 spiro atoms. The second-order valence-corrected chi connectivity index (χ2v) is 6.45. The van der Waals surface area contributed by atoms with Crippen LogP contribution in [-0.2, 0) is 13.6 Å². The van der Waals surface area contributed by atoms with Crippen LogP contribution in [0.4, 0.5) is 4.39 Å². The molecular weight excluding hydrogens is 311 g/mol. The quantitative estimate of drug-likeness (QED) is 0.839. The Morgan fingerprint density at radius 2 is 2.33 bits per heavy atom. The molecule has 0 N–H and O–H groups in total. The van der Waals surface area contributed by atoms with Gasteiger partial charge in [0.05, 0.1) is 18.4 Å². The molecule has 7 heteroatoms. The maximum absolute atomic E-state index is 14.0. The number of likely N-dealkylation sites (N-methyl/N-ethyl adjacent to an activating group) is 1. The first-order valence-corrected chi connectivity index (χ1v) is 8.09. The van der Waals surface area contributed by atoms with E-state index < -0.39 is 6.17 Å². The molecular formula is C17H23FN4O2. The molecule has 1 aliphatic heterocycles. The van der Waals surface area contributed by atoms with Gasteiger partial charge >= 0.3 is 0 Å². The number of aryl methyl sites for hydroxylation is 2. The maximum atomic E-state index is 14.0. The molecule has 0 radical (unpaired) electrons. The van der Waals surface area contributed by atoms with E-state index in [4.69, 9.17) is 4.42 Å². The number of alkyl halides is 1. The summed E-state index contributed by atoms with van der Waals surface area (Å²) in [7, 11) is 3.68. The van der Waals surface area contributed by atoms with Crippen molar-refractivity contribution in [1.29, 1.82) is 0 Å².